The number of hydrogen-bond donors (Lipinski definition) is 1. The Balaban J connectivity index is 2.50. The highest BCUT2D eigenvalue weighted by Crippen LogP contribution is 2.38. The van der Waals surface area contributed by atoms with Crippen LogP contribution in [0.4, 0.5) is 0 Å². The van der Waals surface area contributed by atoms with Gasteiger partial charge in [0.25, 0.3) is 0 Å². The zero-order valence-electron chi connectivity index (χ0n) is 9.59. The molecule has 0 saturated carbocycles. The van der Waals surface area contributed by atoms with Crippen LogP contribution in [0.1, 0.15) is 46.0 Å². The van der Waals surface area contributed by atoms with Crippen LogP contribution in [-0.2, 0) is 4.74 Å². The van der Waals surface area contributed by atoms with E-state index in [4.69, 9.17) is 4.74 Å². The number of ether oxygens (including phenoxy) is 1. The summed E-state index contributed by atoms with van der Waals surface area (Å²) in [6.07, 6.45) is 5.73. The zero-order chi connectivity index (χ0) is 10.4. The maximum absolute atomic E-state index is 9.53. The molecule has 1 N–H and O–H groups in total. The molecule has 0 aromatic heterocycles. The Hall–Kier alpha value is -0.0800. The SMILES string of the molecule is CCC(CC)CC1(CO)CCOCC1. The molecule has 2 heteroatoms. The smallest absolute Gasteiger partial charge is 0.0489 e. The van der Waals surface area contributed by atoms with Crippen LogP contribution in [-0.4, -0.2) is 24.9 Å². The van der Waals surface area contributed by atoms with Gasteiger partial charge in [-0.1, -0.05) is 26.7 Å². The molecule has 1 fully saturated rings. The lowest BCUT2D eigenvalue weighted by atomic mass is 9.73. The summed E-state index contributed by atoms with van der Waals surface area (Å²) in [6, 6.07) is 0. The molecule has 14 heavy (non-hydrogen) atoms. The van der Waals surface area contributed by atoms with Crippen molar-refractivity contribution in [2.24, 2.45) is 11.3 Å². The van der Waals surface area contributed by atoms with Gasteiger partial charge >= 0.3 is 0 Å². The van der Waals surface area contributed by atoms with Crippen LogP contribution in [0.2, 0.25) is 0 Å². The Morgan fingerprint density at radius 3 is 2.21 bits per heavy atom. The van der Waals surface area contributed by atoms with Crippen molar-refractivity contribution in [3.63, 3.8) is 0 Å². The van der Waals surface area contributed by atoms with Crippen LogP contribution in [0.15, 0.2) is 0 Å². The summed E-state index contributed by atoms with van der Waals surface area (Å²) in [5, 5.41) is 9.53. The standard InChI is InChI=1S/C12H24O2/c1-3-11(4-2)9-12(10-13)5-7-14-8-6-12/h11,13H,3-10H2,1-2H3. The molecular formula is C12H24O2. The molecular weight excluding hydrogens is 176 g/mol. The van der Waals surface area contributed by atoms with Gasteiger partial charge in [0.15, 0.2) is 0 Å². The highest BCUT2D eigenvalue weighted by molar-refractivity contribution is 4.83. The van der Waals surface area contributed by atoms with E-state index in [9.17, 15) is 5.11 Å². The van der Waals surface area contributed by atoms with Crippen LogP contribution in [0.25, 0.3) is 0 Å². The van der Waals surface area contributed by atoms with Gasteiger partial charge in [-0.05, 0) is 30.6 Å². The zero-order valence-corrected chi connectivity index (χ0v) is 9.59. The van der Waals surface area contributed by atoms with E-state index in [0.717, 1.165) is 32.0 Å². The van der Waals surface area contributed by atoms with E-state index in [1.807, 2.05) is 0 Å². The molecule has 0 radical (unpaired) electrons. The molecule has 0 atom stereocenters. The third-order valence-corrected chi connectivity index (χ3v) is 3.77. The van der Waals surface area contributed by atoms with Crippen LogP contribution < -0.4 is 0 Å². The van der Waals surface area contributed by atoms with Crippen LogP contribution in [0.3, 0.4) is 0 Å². The number of rotatable bonds is 5. The average Bonchev–Trinajstić information content (AvgIpc) is 2.27. The second kappa shape index (κ2) is 5.72. The van der Waals surface area contributed by atoms with Gasteiger partial charge in [-0.2, -0.15) is 0 Å². The van der Waals surface area contributed by atoms with Gasteiger partial charge in [0.2, 0.25) is 0 Å². The largest absolute Gasteiger partial charge is 0.396 e. The molecule has 0 aromatic rings. The summed E-state index contributed by atoms with van der Waals surface area (Å²) in [6.45, 7) is 6.51. The van der Waals surface area contributed by atoms with E-state index in [0.29, 0.717) is 6.61 Å². The lowest BCUT2D eigenvalue weighted by Gasteiger charge is -2.38. The summed E-state index contributed by atoms with van der Waals surface area (Å²) in [7, 11) is 0. The van der Waals surface area contributed by atoms with Gasteiger partial charge in [-0.15, -0.1) is 0 Å². The van der Waals surface area contributed by atoms with E-state index in [2.05, 4.69) is 13.8 Å². The Kier molecular flexibility index (Phi) is 4.90. The van der Waals surface area contributed by atoms with Crippen molar-refractivity contribution < 1.29 is 9.84 Å². The van der Waals surface area contributed by atoms with E-state index in [1.165, 1.54) is 19.3 Å². The molecule has 0 amide bonds. The lowest BCUT2D eigenvalue weighted by Crippen LogP contribution is -2.34. The van der Waals surface area contributed by atoms with Crippen LogP contribution in [0, 0.1) is 11.3 Å². The average molecular weight is 200 g/mol. The van der Waals surface area contributed by atoms with E-state index < -0.39 is 0 Å². The predicted molar refractivity (Wildman–Crippen MR) is 58.3 cm³/mol. The normalized spacial score (nSPS) is 21.4. The highest BCUT2D eigenvalue weighted by atomic mass is 16.5. The van der Waals surface area contributed by atoms with E-state index in [1.54, 1.807) is 0 Å². The molecule has 0 aromatic carbocycles. The molecule has 1 rings (SSSR count). The minimum absolute atomic E-state index is 0.176. The second-order valence-corrected chi connectivity index (χ2v) is 4.66. The van der Waals surface area contributed by atoms with Gasteiger partial charge in [0.1, 0.15) is 0 Å². The van der Waals surface area contributed by atoms with Crippen molar-refractivity contribution in [3.8, 4) is 0 Å². The fourth-order valence-electron chi connectivity index (χ4n) is 2.42. The molecule has 1 heterocycles. The minimum atomic E-state index is 0.176. The molecule has 84 valence electrons. The first-order chi connectivity index (χ1) is 6.76. The second-order valence-electron chi connectivity index (χ2n) is 4.66. The topological polar surface area (TPSA) is 29.5 Å². The van der Waals surface area contributed by atoms with Gasteiger partial charge in [0, 0.05) is 19.8 Å². The van der Waals surface area contributed by atoms with Gasteiger partial charge in [-0.3, -0.25) is 0 Å². The molecule has 0 unspecified atom stereocenters. The van der Waals surface area contributed by atoms with Crippen molar-refractivity contribution in [2.45, 2.75) is 46.0 Å². The van der Waals surface area contributed by atoms with Crippen molar-refractivity contribution in [1.29, 1.82) is 0 Å². The number of hydrogen-bond acceptors (Lipinski definition) is 2. The summed E-state index contributed by atoms with van der Waals surface area (Å²) < 4.78 is 5.36. The van der Waals surface area contributed by atoms with Crippen molar-refractivity contribution in [3.05, 3.63) is 0 Å². The molecule has 0 bridgehead atoms. The Morgan fingerprint density at radius 1 is 1.21 bits per heavy atom. The quantitative estimate of drug-likeness (QED) is 0.739. The van der Waals surface area contributed by atoms with E-state index >= 15 is 0 Å². The number of aliphatic hydroxyl groups is 1. The first-order valence-electron chi connectivity index (χ1n) is 5.95. The maximum atomic E-state index is 9.53. The molecule has 0 aliphatic carbocycles. The summed E-state index contributed by atoms with van der Waals surface area (Å²) in [5.74, 6) is 0.778. The summed E-state index contributed by atoms with van der Waals surface area (Å²) in [4.78, 5) is 0. The maximum Gasteiger partial charge on any atom is 0.0489 e. The number of aliphatic hydroxyl groups excluding tert-OH is 1. The summed E-state index contributed by atoms with van der Waals surface area (Å²) >= 11 is 0. The molecule has 0 spiro atoms. The van der Waals surface area contributed by atoms with Crippen molar-refractivity contribution in [2.75, 3.05) is 19.8 Å². The third-order valence-electron chi connectivity index (χ3n) is 3.77. The fourth-order valence-corrected chi connectivity index (χ4v) is 2.42. The molecule has 1 aliphatic heterocycles. The monoisotopic (exact) mass is 200 g/mol. The van der Waals surface area contributed by atoms with Crippen molar-refractivity contribution >= 4 is 0 Å². The van der Waals surface area contributed by atoms with E-state index in [-0.39, 0.29) is 5.41 Å². The van der Waals surface area contributed by atoms with Gasteiger partial charge < -0.3 is 9.84 Å². The molecule has 2 nitrogen and oxygen atoms in total. The molecule has 1 saturated heterocycles. The molecule has 1 aliphatic rings. The highest BCUT2D eigenvalue weighted by Gasteiger charge is 2.33. The fraction of sp³-hybridized carbons (Fsp3) is 1.00. The minimum Gasteiger partial charge on any atom is -0.396 e. The predicted octanol–water partition coefficient (Wildman–Crippen LogP) is 2.60. The van der Waals surface area contributed by atoms with Crippen LogP contribution in [0.5, 0.6) is 0 Å². The Labute approximate surface area is 87.7 Å². The lowest BCUT2D eigenvalue weighted by molar-refractivity contribution is -0.0296. The van der Waals surface area contributed by atoms with Gasteiger partial charge in [-0.25, -0.2) is 0 Å². The Morgan fingerprint density at radius 2 is 1.79 bits per heavy atom. The van der Waals surface area contributed by atoms with Gasteiger partial charge in [0.05, 0.1) is 0 Å². The first-order valence-corrected chi connectivity index (χ1v) is 5.95. The van der Waals surface area contributed by atoms with Crippen molar-refractivity contribution in [1.82, 2.24) is 0 Å². The van der Waals surface area contributed by atoms with Crippen LogP contribution >= 0.6 is 0 Å². The first kappa shape index (κ1) is 12.0. The Bertz CT molecular complexity index is 146. The summed E-state index contributed by atoms with van der Waals surface area (Å²) in [5.41, 5.74) is 0.176. The third kappa shape index (κ3) is 2.96.